The molecule has 0 spiro atoms. The van der Waals surface area contributed by atoms with Crippen LogP contribution >= 0.6 is 35.7 Å². The van der Waals surface area contributed by atoms with Crippen molar-refractivity contribution in [3.05, 3.63) is 101 Å². The molecule has 0 bridgehead atoms. The van der Waals surface area contributed by atoms with Crippen molar-refractivity contribution < 1.29 is 13.6 Å². The van der Waals surface area contributed by atoms with E-state index in [1.807, 2.05) is 30.3 Å². The molecule has 2 aromatic heterocycles. The van der Waals surface area contributed by atoms with Crippen LogP contribution in [0.3, 0.4) is 0 Å². The van der Waals surface area contributed by atoms with Gasteiger partial charge in [0, 0.05) is 11.9 Å². The number of thiocarbonyl (C=S) groups is 1. The number of hydrogen-bond donors (Lipinski definition) is 0. The lowest BCUT2D eigenvalue weighted by Gasteiger charge is -2.11. The van der Waals surface area contributed by atoms with E-state index >= 15 is 0 Å². The van der Waals surface area contributed by atoms with Crippen molar-refractivity contribution in [1.82, 2.24) is 20.1 Å². The van der Waals surface area contributed by atoms with Gasteiger partial charge in [-0.05, 0) is 41.5 Å². The fraction of sp³-hybridized carbons (Fsp3) is 0.0800. The predicted molar refractivity (Wildman–Crippen MR) is 139 cm³/mol. The van der Waals surface area contributed by atoms with Crippen LogP contribution in [0.4, 0.5) is 4.39 Å². The Morgan fingerprint density at radius 3 is 2.66 bits per heavy atom. The SMILES string of the molecule is O=C1/C(=C/c2ccc(F)cc2)SC(=S)N1Cc1nnc(-c2cccnc2SCc2ccccc2)o1. The van der Waals surface area contributed by atoms with Crippen LogP contribution in [0, 0.1) is 5.82 Å². The molecule has 1 saturated heterocycles. The van der Waals surface area contributed by atoms with E-state index in [0.29, 0.717) is 20.7 Å². The van der Waals surface area contributed by atoms with E-state index in [9.17, 15) is 9.18 Å². The predicted octanol–water partition coefficient (Wildman–Crippen LogP) is 5.96. The molecule has 10 heteroatoms. The quantitative estimate of drug-likeness (QED) is 0.168. The van der Waals surface area contributed by atoms with Gasteiger partial charge in [0.1, 0.15) is 21.7 Å². The summed E-state index contributed by atoms with van der Waals surface area (Å²) >= 11 is 8.16. The molecule has 1 aliphatic heterocycles. The number of thioether (sulfide) groups is 2. The molecule has 1 aliphatic rings. The van der Waals surface area contributed by atoms with Crippen molar-refractivity contribution in [2.75, 3.05) is 0 Å². The fourth-order valence-corrected chi connectivity index (χ4v) is 5.50. The lowest BCUT2D eigenvalue weighted by molar-refractivity contribution is -0.122. The van der Waals surface area contributed by atoms with Gasteiger partial charge in [-0.15, -0.1) is 22.0 Å². The first-order valence-electron chi connectivity index (χ1n) is 10.5. The molecular weight excluding hydrogens is 504 g/mol. The van der Waals surface area contributed by atoms with E-state index in [1.54, 1.807) is 36.2 Å². The number of carbonyl (C=O) groups is 1. The molecule has 4 aromatic rings. The Kier molecular flexibility index (Phi) is 7.03. The molecule has 1 amide bonds. The zero-order valence-corrected chi connectivity index (χ0v) is 20.6. The summed E-state index contributed by atoms with van der Waals surface area (Å²) in [6, 6.07) is 19.7. The minimum atomic E-state index is -0.336. The third kappa shape index (κ3) is 5.50. The minimum absolute atomic E-state index is 0.0607. The summed E-state index contributed by atoms with van der Waals surface area (Å²) in [5, 5.41) is 9.08. The van der Waals surface area contributed by atoms with Gasteiger partial charge in [-0.2, -0.15) is 0 Å². The van der Waals surface area contributed by atoms with Crippen LogP contribution in [0.5, 0.6) is 0 Å². The molecule has 5 rings (SSSR count). The largest absolute Gasteiger partial charge is 0.419 e. The highest BCUT2D eigenvalue weighted by atomic mass is 32.2. The molecule has 35 heavy (non-hydrogen) atoms. The molecule has 6 nitrogen and oxygen atoms in total. The minimum Gasteiger partial charge on any atom is -0.419 e. The van der Waals surface area contributed by atoms with Gasteiger partial charge < -0.3 is 4.42 Å². The zero-order chi connectivity index (χ0) is 24.2. The first-order chi connectivity index (χ1) is 17.1. The zero-order valence-electron chi connectivity index (χ0n) is 18.1. The lowest BCUT2D eigenvalue weighted by Crippen LogP contribution is -2.27. The van der Waals surface area contributed by atoms with Crippen molar-refractivity contribution in [2.45, 2.75) is 17.3 Å². The van der Waals surface area contributed by atoms with Gasteiger partial charge in [-0.1, -0.05) is 66.4 Å². The topological polar surface area (TPSA) is 72.1 Å². The highest BCUT2D eigenvalue weighted by molar-refractivity contribution is 8.26. The number of hydrogen-bond acceptors (Lipinski definition) is 8. The Morgan fingerprint density at radius 1 is 1.06 bits per heavy atom. The number of rotatable bonds is 7. The smallest absolute Gasteiger partial charge is 0.266 e. The summed E-state index contributed by atoms with van der Waals surface area (Å²) in [6.07, 6.45) is 3.41. The molecule has 1 fully saturated rings. The van der Waals surface area contributed by atoms with E-state index in [-0.39, 0.29) is 24.2 Å². The number of nitrogens with zero attached hydrogens (tertiary/aromatic N) is 4. The number of carbonyl (C=O) groups excluding carboxylic acids is 1. The Hall–Kier alpha value is -3.34. The van der Waals surface area contributed by atoms with Crippen LogP contribution in [0.2, 0.25) is 0 Å². The van der Waals surface area contributed by atoms with Gasteiger partial charge in [0.05, 0.1) is 10.5 Å². The molecule has 0 aliphatic carbocycles. The Labute approximate surface area is 214 Å². The third-order valence-corrected chi connectivity index (χ3v) is 7.48. The van der Waals surface area contributed by atoms with Gasteiger partial charge >= 0.3 is 0 Å². The Bertz CT molecular complexity index is 1410. The van der Waals surface area contributed by atoms with Gasteiger partial charge in [0.15, 0.2) is 0 Å². The number of aromatic nitrogens is 3. The number of halogens is 1. The summed E-state index contributed by atoms with van der Waals surface area (Å²) in [5.41, 5.74) is 2.63. The number of benzene rings is 2. The molecule has 2 aromatic carbocycles. The summed E-state index contributed by atoms with van der Waals surface area (Å²) in [4.78, 5) is 19.3. The average Bonchev–Trinajstić information content (AvgIpc) is 3.45. The molecule has 0 unspecified atom stereocenters. The van der Waals surface area contributed by atoms with Crippen molar-refractivity contribution in [3.63, 3.8) is 0 Å². The number of pyridine rings is 1. The monoisotopic (exact) mass is 520 g/mol. The molecule has 3 heterocycles. The molecule has 0 atom stereocenters. The van der Waals surface area contributed by atoms with Crippen LogP contribution in [0.1, 0.15) is 17.0 Å². The summed E-state index contributed by atoms with van der Waals surface area (Å²) in [7, 11) is 0. The maximum atomic E-state index is 13.2. The van der Waals surface area contributed by atoms with E-state index in [2.05, 4.69) is 27.3 Å². The first-order valence-corrected chi connectivity index (χ1v) is 12.7. The van der Waals surface area contributed by atoms with Gasteiger partial charge in [-0.3, -0.25) is 9.69 Å². The van der Waals surface area contributed by atoms with Crippen molar-refractivity contribution in [1.29, 1.82) is 0 Å². The van der Waals surface area contributed by atoms with Crippen molar-refractivity contribution in [3.8, 4) is 11.5 Å². The molecular formula is C25H17FN4O2S3. The second-order valence-electron chi connectivity index (χ2n) is 7.45. The maximum Gasteiger partial charge on any atom is 0.266 e. The maximum absolute atomic E-state index is 13.2. The van der Waals surface area contributed by atoms with Crippen molar-refractivity contribution in [2.24, 2.45) is 0 Å². The van der Waals surface area contributed by atoms with E-state index in [1.165, 1.54) is 34.4 Å². The fourth-order valence-electron chi connectivity index (χ4n) is 3.30. The second-order valence-corrected chi connectivity index (χ2v) is 10.1. The number of amides is 1. The normalized spacial score (nSPS) is 14.8. The van der Waals surface area contributed by atoms with Gasteiger partial charge in [0.2, 0.25) is 5.89 Å². The lowest BCUT2D eigenvalue weighted by atomic mass is 10.2. The average molecular weight is 521 g/mol. The van der Waals surface area contributed by atoms with Gasteiger partial charge in [0.25, 0.3) is 11.8 Å². The van der Waals surface area contributed by atoms with Crippen LogP contribution in [0.15, 0.2) is 87.3 Å². The Morgan fingerprint density at radius 2 is 1.86 bits per heavy atom. The Balaban J connectivity index is 1.30. The summed E-state index contributed by atoms with van der Waals surface area (Å²) in [6.45, 7) is 0.0607. The molecule has 0 saturated carbocycles. The molecule has 174 valence electrons. The second kappa shape index (κ2) is 10.5. The summed E-state index contributed by atoms with van der Waals surface area (Å²) in [5.74, 6) is 0.753. The van der Waals surface area contributed by atoms with Crippen LogP contribution in [0.25, 0.3) is 17.5 Å². The molecule has 0 N–H and O–H groups in total. The van der Waals surface area contributed by atoms with E-state index in [4.69, 9.17) is 16.6 Å². The van der Waals surface area contributed by atoms with E-state index < -0.39 is 0 Å². The first kappa shape index (κ1) is 23.4. The third-order valence-electron chi connectivity index (χ3n) is 5.02. The highest BCUT2D eigenvalue weighted by Crippen LogP contribution is 2.35. The van der Waals surface area contributed by atoms with Crippen LogP contribution in [-0.2, 0) is 17.1 Å². The van der Waals surface area contributed by atoms with Crippen LogP contribution < -0.4 is 0 Å². The molecule has 0 radical (unpaired) electrons. The van der Waals surface area contributed by atoms with E-state index in [0.717, 1.165) is 16.3 Å². The standard InChI is InChI=1S/C25H17FN4O2S3/c26-18-10-8-16(9-11-18)13-20-24(31)30(25(33)35-20)14-21-28-29-22(32-21)19-7-4-12-27-23(19)34-15-17-5-2-1-3-6-17/h1-13H,14-15H2/b20-13-. The highest BCUT2D eigenvalue weighted by Gasteiger charge is 2.33. The van der Waals surface area contributed by atoms with Crippen molar-refractivity contribution >= 4 is 52.0 Å². The summed E-state index contributed by atoms with van der Waals surface area (Å²) < 4.78 is 19.4. The van der Waals surface area contributed by atoms with Crippen LogP contribution in [-0.4, -0.2) is 30.3 Å². The van der Waals surface area contributed by atoms with Gasteiger partial charge in [-0.25, -0.2) is 9.37 Å².